The first kappa shape index (κ1) is 19.4. The predicted molar refractivity (Wildman–Crippen MR) is 98.9 cm³/mol. The van der Waals surface area contributed by atoms with Crippen LogP contribution in [0.2, 0.25) is 0 Å². The second-order valence-corrected chi connectivity index (χ2v) is 7.08. The van der Waals surface area contributed by atoms with E-state index in [0.717, 1.165) is 25.9 Å². The molecule has 0 aliphatic carbocycles. The maximum absolute atomic E-state index is 12.6. The van der Waals surface area contributed by atoms with Crippen LogP contribution in [-0.2, 0) is 19.3 Å². The normalized spacial score (nSPS) is 17.7. The summed E-state index contributed by atoms with van der Waals surface area (Å²) < 4.78 is 43.6. The van der Waals surface area contributed by atoms with Crippen LogP contribution in [0, 0.1) is 0 Å². The van der Waals surface area contributed by atoms with E-state index in [2.05, 4.69) is 31.7 Å². The minimum atomic E-state index is -4.72. The number of aromatic nitrogens is 3. The maximum atomic E-state index is 12.6. The molecule has 0 spiro atoms. The zero-order chi connectivity index (χ0) is 20.4. The number of hydrogen-bond acceptors (Lipinski definition) is 5. The van der Waals surface area contributed by atoms with Gasteiger partial charge < -0.3 is 9.09 Å². The Kier molecular flexibility index (Phi) is 5.23. The van der Waals surface area contributed by atoms with Crippen molar-refractivity contribution in [3.8, 4) is 11.4 Å². The lowest BCUT2D eigenvalue weighted by atomic mass is 10.1. The lowest BCUT2D eigenvalue weighted by Crippen LogP contribution is -2.35. The predicted octanol–water partition coefficient (Wildman–Crippen LogP) is 3.58. The van der Waals surface area contributed by atoms with Crippen molar-refractivity contribution in [1.82, 2.24) is 19.6 Å². The first-order valence-corrected chi connectivity index (χ1v) is 9.30. The van der Waals surface area contributed by atoms with Gasteiger partial charge in [-0.1, -0.05) is 35.5 Å². The molecule has 152 valence electrons. The SMILES string of the molecule is O=c1cc(-c2noc(C(F)(F)F)n2)ccn1C[C@@H]1CCCN1Cc1ccccc1. The average Bonchev–Trinajstić information content (AvgIpc) is 3.34. The van der Waals surface area contributed by atoms with E-state index in [1.54, 1.807) is 10.8 Å². The van der Waals surface area contributed by atoms with Crippen molar-refractivity contribution in [2.24, 2.45) is 0 Å². The second kappa shape index (κ2) is 7.82. The number of halogens is 3. The van der Waals surface area contributed by atoms with Gasteiger partial charge in [0.2, 0.25) is 5.82 Å². The Morgan fingerprint density at radius 2 is 1.97 bits per heavy atom. The van der Waals surface area contributed by atoms with Crippen LogP contribution in [0.4, 0.5) is 13.2 Å². The van der Waals surface area contributed by atoms with Crippen molar-refractivity contribution in [2.45, 2.75) is 38.1 Å². The van der Waals surface area contributed by atoms with Crippen molar-refractivity contribution < 1.29 is 17.7 Å². The summed E-state index contributed by atoms with van der Waals surface area (Å²) >= 11 is 0. The molecule has 0 amide bonds. The molecule has 1 fully saturated rings. The number of rotatable bonds is 5. The minimum Gasteiger partial charge on any atom is -0.329 e. The molecule has 1 atom stereocenters. The molecule has 1 aliphatic rings. The van der Waals surface area contributed by atoms with Crippen LogP contribution < -0.4 is 5.56 Å². The molecule has 0 N–H and O–H groups in total. The fourth-order valence-electron chi connectivity index (χ4n) is 3.61. The largest absolute Gasteiger partial charge is 0.471 e. The third-order valence-electron chi connectivity index (χ3n) is 5.06. The lowest BCUT2D eigenvalue weighted by molar-refractivity contribution is -0.159. The summed E-state index contributed by atoms with van der Waals surface area (Å²) in [6.07, 6.45) is -1.10. The summed E-state index contributed by atoms with van der Waals surface area (Å²) in [6, 6.07) is 13.1. The molecule has 3 aromatic rings. The molecular weight excluding hydrogens is 385 g/mol. The molecule has 0 radical (unpaired) electrons. The van der Waals surface area contributed by atoms with Crippen molar-refractivity contribution in [3.63, 3.8) is 0 Å². The Hall–Kier alpha value is -2.94. The van der Waals surface area contributed by atoms with Crippen molar-refractivity contribution >= 4 is 0 Å². The second-order valence-electron chi connectivity index (χ2n) is 7.08. The van der Waals surface area contributed by atoms with Crippen LogP contribution >= 0.6 is 0 Å². The molecule has 1 aromatic carbocycles. The van der Waals surface area contributed by atoms with E-state index in [-0.39, 0.29) is 23.0 Å². The van der Waals surface area contributed by atoms with Gasteiger partial charge in [0.05, 0.1) is 0 Å². The highest BCUT2D eigenvalue weighted by Crippen LogP contribution is 2.29. The van der Waals surface area contributed by atoms with Crippen molar-refractivity contribution in [2.75, 3.05) is 6.54 Å². The highest BCUT2D eigenvalue weighted by molar-refractivity contribution is 5.52. The third-order valence-corrected chi connectivity index (χ3v) is 5.06. The number of alkyl halides is 3. The summed E-state index contributed by atoms with van der Waals surface area (Å²) in [4.78, 5) is 18.2. The number of nitrogens with zero attached hydrogens (tertiary/aromatic N) is 4. The Labute approximate surface area is 164 Å². The molecule has 0 bridgehead atoms. The Balaban J connectivity index is 1.48. The molecule has 9 heteroatoms. The first-order chi connectivity index (χ1) is 13.9. The van der Waals surface area contributed by atoms with Crippen LogP contribution in [0.15, 0.2) is 58.0 Å². The minimum absolute atomic E-state index is 0.193. The summed E-state index contributed by atoms with van der Waals surface area (Å²) in [5.74, 6) is -1.69. The van der Waals surface area contributed by atoms with Gasteiger partial charge >= 0.3 is 12.1 Å². The highest BCUT2D eigenvalue weighted by atomic mass is 19.4. The van der Waals surface area contributed by atoms with Crippen LogP contribution in [-0.4, -0.2) is 32.2 Å². The Morgan fingerprint density at radius 3 is 2.66 bits per heavy atom. The molecule has 0 unspecified atom stereocenters. The Bertz CT molecular complexity index is 1030. The van der Waals surface area contributed by atoms with E-state index in [1.807, 2.05) is 18.2 Å². The summed E-state index contributed by atoms with van der Waals surface area (Å²) in [5.41, 5.74) is 1.10. The van der Waals surface area contributed by atoms with E-state index in [0.29, 0.717) is 6.54 Å². The topological polar surface area (TPSA) is 64.2 Å². The van der Waals surface area contributed by atoms with Crippen LogP contribution in [0.1, 0.15) is 24.3 Å². The molecule has 2 aromatic heterocycles. The molecule has 3 heterocycles. The van der Waals surface area contributed by atoms with E-state index < -0.39 is 12.1 Å². The van der Waals surface area contributed by atoms with E-state index in [4.69, 9.17) is 0 Å². The molecule has 1 saturated heterocycles. The Morgan fingerprint density at radius 1 is 1.17 bits per heavy atom. The van der Waals surface area contributed by atoms with Crippen LogP contribution in [0.25, 0.3) is 11.4 Å². The van der Waals surface area contributed by atoms with Gasteiger partial charge in [-0.25, -0.2) is 0 Å². The number of pyridine rings is 1. The number of likely N-dealkylation sites (tertiary alicyclic amines) is 1. The first-order valence-electron chi connectivity index (χ1n) is 9.30. The summed E-state index contributed by atoms with van der Waals surface area (Å²) in [6.45, 7) is 2.31. The zero-order valence-electron chi connectivity index (χ0n) is 15.5. The third kappa shape index (κ3) is 4.40. The van der Waals surface area contributed by atoms with Gasteiger partial charge in [-0.05, 0) is 31.0 Å². The fraction of sp³-hybridized carbons (Fsp3) is 0.350. The molecule has 6 nitrogen and oxygen atoms in total. The van der Waals surface area contributed by atoms with Gasteiger partial charge in [-0.3, -0.25) is 9.69 Å². The maximum Gasteiger partial charge on any atom is 0.471 e. The highest BCUT2D eigenvalue weighted by Gasteiger charge is 2.38. The average molecular weight is 404 g/mol. The van der Waals surface area contributed by atoms with Crippen LogP contribution in [0.3, 0.4) is 0 Å². The smallest absolute Gasteiger partial charge is 0.329 e. The molecule has 1 aliphatic heterocycles. The zero-order valence-corrected chi connectivity index (χ0v) is 15.5. The summed E-state index contributed by atoms with van der Waals surface area (Å²) in [5, 5.41) is 3.32. The number of hydrogen-bond donors (Lipinski definition) is 0. The quantitative estimate of drug-likeness (QED) is 0.650. The van der Waals surface area contributed by atoms with Gasteiger partial charge in [0.1, 0.15) is 0 Å². The summed E-state index contributed by atoms with van der Waals surface area (Å²) in [7, 11) is 0. The van der Waals surface area contributed by atoms with Crippen molar-refractivity contribution in [3.05, 3.63) is 70.5 Å². The van der Waals surface area contributed by atoms with Gasteiger partial charge in [0.25, 0.3) is 5.56 Å². The van der Waals surface area contributed by atoms with Crippen molar-refractivity contribution in [1.29, 1.82) is 0 Å². The van der Waals surface area contributed by atoms with E-state index >= 15 is 0 Å². The van der Waals surface area contributed by atoms with Gasteiger partial charge in [0, 0.05) is 37.0 Å². The van der Waals surface area contributed by atoms with Gasteiger partial charge in [-0.2, -0.15) is 18.2 Å². The van der Waals surface area contributed by atoms with Gasteiger partial charge in [-0.15, -0.1) is 0 Å². The van der Waals surface area contributed by atoms with Gasteiger partial charge in [0.15, 0.2) is 0 Å². The molecule has 0 saturated carbocycles. The molecule has 29 heavy (non-hydrogen) atoms. The lowest BCUT2D eigenvalue weighted by Gasteiger charge is -2.25. The number of benzene rings is 1. The van der Waals surface area contributed by atoms with E-state index in [1.165, 1.54) is 17.7 Å². The van der Waals surface area contributed by atoms with Crippen LogP contribution in [0.5, 0.6) is 0 Å². The monoisotopic (exact) mass is 404 g/mol. The van der Waals surface area contributed by atoms with E-state index in [9.17, 15) is 18.0 Å². The standard InChI is InChI=1S/C20H19F3N4O2/c21-20(22,23)19-24-18(25-29-19)15-8-10-27(17(28)11-15)13-16-7-4-9-26(16)12-14-5-2-1-3-6-14/h1-3,5-6,8,10-11,16H,4,7,9,12-13H2/t16-/m0/s1. The fourth-order valence-corrected chi connectivity index (χ4v) is 3.61. The molecular formula is C20H19F3N4O2. The molecule has 4 rings (SSSR count).